The van der Waals surface area contributed by atoms with Crippen molar-refractivity contribution in [1.82, 2.24) is 0 Å². The van der Waals surface area contributed by atoms with Gasteiger partial charge in [-0.1, -0.05) is 0 Å². The van der Waals surface area contributed by atoms with Gasteiger partial charge in [0.15, 0.2) is 0 Å². The molecule has 6 aromatic rings. The SMILES string of the molecule is Cc1cc(C)c(-c2cccc(-c3c(C)cc(C)cc3C)[c]2[GaH][c]2c(-c3c(C)cc(C)cc3C)cccc2-c2c(C)cc(C)cc2C)c(C)c1.O. The van der Waals surface area contributed by atoms with Gasteiger partial charge in [-0.15, -0.1) is 0 Å². The first-order valence-electron chi connectivity index (χ1n) is 17.8. The van der Waals surface area contributed by atoms with E-state index in [1.54, 1.807) is 8.24 Å². The van der Waals surface area contributed by atoms with Gasteiger partial charge in [-0.3, -0.25) is 0 Å². The first-order valence-corrected chi connectivity index (χ1v) is 20.8. The Morgan fingerprint density at radius 3 is 0.660 bits per heavy atom. The van der Waals surface area contributed by atoms with Crippen molar-refractivity contribution in [1.29, 1.82) is 0 Å². The van der Waals surface area contributed by atoms with Crippen LogP contribution in [0.3, 0.4) is 0 Å². The van der Waals surface area contributed by atoms with Crippen LogP contribution in [0.2, 0.25) is 0 Å². The monoisotopic (exact) mass is 714 g/mol. The fourth-order valence-electron chi connectivity index (χ4n) is 9.09. The van der Waals surface area contributed by atoms with Crippen LogP contribution in [-0.2, 0) is 0 Å². The van der Waals surface area contributed by atoms with Crippen LogP contribution in [0, 0.1) is 83.1 Å². The fraction of sp³-hybridized carbons (Fsp3) is 0.250. The molecule has 0 fully saturated rings. The minimum absolute atomic E-state index is 0. The van der Waals surface area contributed by atoms with Crippen LogP contribution in [0.15, 0.2) is 84.9 Å². The molecule has 0 amide bonds. The summed E-state index contributed by atoms with van der Waals surface area (Å²) in [6, 6.07) is 33.2. The first-order chi connectivity index (χ1) is 23.2. The Bertz CT molecular complexity index is 1860. The number of benzene rings is 6. The molecule has 0 spiro atoms. The third-order valence-electron chi connectivity index (χ3n) is 10.5. The van der Waals surface area contributed by atoms with Crippen molar-refractivity contribution < 1.29 is 5.48 Å². The van der Waals surface area contributed by atoms with Crippen LogP contribution in [0.1, 0.15) is 66.8 Å². The Kier molecular flexibility index (Phi) is 10.9. The largest absolute Gasteiger partial charge is 0.412 e. The third-order valence-corrected chi connectivity index (χ3v) is 15.2. The standard InChI is InChI=1S/2C24H25.Ga.H2O.H/c2*1-15-10-17(3)23(18(4)11-15)21-8-7-9-22(14-21)24-19(5)12-16(2)13-20(24)6;;;/h2*7-13H,1-6H3;;1H2;. The maximum absolute atomic E-state index is 2.42. The second kappa shape index (κ2) is 14.6. The quantitative estimate of drug-likeness (QED) is 0.154. The summed E-state index contributed by atoms with van der Waals surface area (Å²) in [4.78, 5) is 0. The Labute approximate surface area is 308 Å². The molecule has 0 saturated heterocycles. The van der Waals surface area contributed by atoms with E-state index in [1.807, 2.05) is 0 Å². The molecule has 0 aliphatic carbocycles. The van der Waals surface area contributed by atoms with Gasteiger partial charge in [-0.25, -0.2) is 0 Å². The van der Waals surface area contributed by atoms with Crippen LogP contribution in [0.4, 0.5) is 0 Å². The minimum atomic E-state index is -1.76. The van der Waals surface area contributed by atoms with Crippen molar-refractivity contribution in [3.63, 3.8) is 0 Å². The molecule has 0 saturated carbocycles. The molecule has 50 heavy (non-hydrogen) atoms. The Hall–Kier alpha value is -4.08. The maximum Gasteiger partial charge on any atom is -0.412 e. The van der Waals surface area contributed by atoms with Crippen molar-refractivity contribution in [3.8, 4) is 44.5 Å². The predicted molar refractivity (Wildman–Crippen MR) is 222 cm³/mol. The molecule has 0 aromatic heterocycles. The smallest absolute Gasteiger partial charge is 0.412 e. The number of hydrogen-bond acceptors (Lipinski definition) is 0. The van der Waals surface area contributed by atoms with Gasteiger partial charge in [0.2, 0.25) is 0 Å². The first kappa shape index (κ1) is 37.2. The summed E-state index contributed by atoms with van der Waals surface area (Å²) >= 11 is -1.76. The minimum Gasteiger partial charge on any atom is -0.412 e. The van der Waals surface area contributed by atoms with Gasteiger partial charge < -0.3 is 5.48 Å². The predicted octanol–water partition coefficient (Wildman–Crippen LogP) is 10.6. The second-order valence-electron chi connectivity index (χ2n) is 14.9. The second-order valence-corrected chi connectivity index (χ2v) is 18.6. The Morgan fingerprint density at radius 2 is 0.480 bits per heavy atom. The summed E-state index contributed by atoms with van der Waals surface area (Å²) in [6.07, 6.45) is 0. The van der Waals surface area contributed by atoms with Crippen LogP contribution in [-0.4, -0.2) is 22.9 Å². The van der Waals surface area contributed by atoms with Gasteiger partial charge >= 0.3 is 305 Å². The summed E-state index contributed by atoms with van der Waals surface area (Å²) in [5.74, 6) is 0. The molecule has 0 atom stereocenters. The van der Waals surface area contributed by atoms with Crippen LogP contribution in [0.5, 0.6) is 0 Å². The van der Waals surface area contributed by atoms with E-state index >= 15 is 0 Å². The topological polar surface area (TPSA) is 31.5 Å². The number of aryl methyl sites for hydroxylation is 12. The van der Waals surface area contributed by atoms with E-state index in [9.17, 15) is 0 Å². The van der Waals surface area contributed by atoms with E-state index in [0.717, 1.165) is 0 Å². The molecule has 0 aliphatic heterocycles. The van der Waals surface area contributed by atoms with E-state index in [-0.39, 0.29) is 5.48 Å². The van der Waals surface area contributed by atoms with E-state index in [1.165, 1.54) is 111 Å². The molecule has 2 heteroatoms. The van der Waals surface area contributed by atoms with Crippen molar-refractivity contribution in [2.45, 2.75) is 83.1 Å². The molecule has 1 nitrogen and oxygen atoms in total. The molecule has 254 valence electrons. The van der Waals surface area contributed by atoms with E-state index in [2.05, 4.69) is 168 Å². The van der Waals surface area contributed by atoms with Crippen molar-refractivity contribution >= 4 is 25.6 Å². The molecule has 2 N–H and O–H groups in total. The van der Waals surface area contributed by atoms with Gasteiger partial charge in [0.05, 0.1) is 0 Å². The molecular formula is C48H53GaO. The summed E-state index contributed by atoms with van der Waals surface area (Å²) < 4.78 is 3.16. The molecular weight excluding hydrogens is 662 g/mol. The normalized spacial score (nSPS) is 11.0. The maximum atomic E-state index is 2.42. The third kappa shape index (κ3) is 6.95. The average molecular weight is 716 g/mol. The molecule has 0 radical (unpaired) electrons. The summed E-state index contributed by atoms with van der Waals surface area (Å²) in [5.41, 5.74) is 27.5. The number of rotatable bonds is 6. The van der Waals surface area contributed by atoms with Gasteiger partial charge in [0.25, 0.3) is 0 Å². The van der Waals surface area contributed by atoms with Crippen LogP contribution < -0.4 is 8.24 Å². The van der Waals surface area contributed by atoms with Gasteiger partial charge in [-0.05, 0) is 0 Å². The summed E-state index contributed by atoms with van der Waals surface area (Å²) in [6.45, 7) is 27.3. The summed E-state index contributed by atoms with van der Waals surface area (Å²) in [7, 11) is 0. The molecule has 0 aliphatic rings. The Morgan fingerprint density at radius 1 is 0.300 bits per heavy atom. The molecule has 0 heterocycles. The fourth-order valence-corrected chi connectivity index (χ4v) is 13.9. The zero-order valence-electron chi connectivity index (χ0n) is 32.3. The average Bonchev–Trinajstić information content (AvgIpc) is 2.97. The van der Waals surface area contributed by atoms with Gasteiger partial charge in [0, 0.05) is 0 Å². The van der Waals surface area contributed by atoms with Crippen molar-refractivity contribution in [2.24, 2.45) is 0 Å². The Balaban J connectivity index is 0.00000486. The molecule has 0 unspecified atom stereocenters. The van der Waals surface area contributed by atoms with Crippen LogP contribution in [0.25, 0.3) is 44.5 Å². The van der Waals surface area contributed by atoms with E-state index < -0.39 is 17.4 Å². The number of hydrogen-bond donors (Lipinski definition) is 0. The van der Waals surface area contributed by atoms with Crippen LogP contribution >= 0.6 is 0 Å². The van der Waals surface area contributed by atoms with Gasteiger partial charge in [-0.2, -0.15) is 0 Å². The van der Waals surface area contributed by atoms with Gasteiger partial charge in [0.1, 0.15) is 0 Å². The van der Waals surface area contributed by atoms with E-state index in [0.29, 0.717) is 0 Å². The van der Waals surface area contributed by atoms with E-state index in [4.69, 9.17) is 0 Å². The van der Waals surface area contributed by atoms with Crippen molar-refractivity contribution in [2.75, 3.05) is 0 Å². The zero-order chi connectivity index (χ0) is 35.3. The zero-order valence-corrected chi connectivity index (χ0v) is 35.3. The molecule has 0 bridgehead atoms. The molecule has 6 rings (SSSR count). The summed E-state index contributed by atoms with van der Waals surface area (Å²) in [5, 5.41) is 0. The van der Waals surface area contributed by atoms with Crippen molar-refractivity contribution in [3.05, 3.63) is 152 Å². The molecule has 6 aromatic carbocycles.